The predicted molar refractivity (Wildman–Crippen MR) is 107 cm³/mol. The lowest BCUT2D eigenvalue weighted by molar-refractivity contribution is -0.139. The molecular weight excluding hydrogens is 336 g/mol. The molecule has 2 heterocycles. The molecule has 1 aromatic rings. The number of carbonyl (C=O) groups is 2. The minimum atomic E-state index is 0.110. The number of piperidine rings is 2. The zero-order valence-corrected chi connectivity index (χ0v) is 16.6. The summed E-state index contributed by atoms with van der Waals surface area (Å²) in [7, 11) is 0. The van der Waals surface area contributed by atoms with Crippen molar-refractivity contribution in [2.75, 3.05) is 26.2 Å². The maximum Gasteiger partial charge on any atom is 0.253 e. The van der Waals surface area contributed by atoms with Crippen molar-refractivity contribution in [3.8, 4) is 0 Å². The van der Waals surface area contributed by atoms with Gasteiger partial charge in [-0.3, -0.25) is 9.59 Å². The summed E-state index contributed by atoms with van der Waals surface area (Å²) in [5, 5.41) is 0. The van der Waals surface area contributed by atoms with E-state index < -0.39 is 0 Å². The number of aryl methyl sites for hydroxylation is 1. The Morgan fingerprint density at radius 2 is 1.93 bits per heavy atom. The minimum absolute atomic E-state index is 0.110. The number of amides is 2. The summed E-state index contributed by atoms with van der Waals surface area (Å²) < 4.78 is 0. The highest BCUT2D eigenvalue weighted by atomic mass is 16.2. The average Bonchev–Trinajstić information content (AvgIpc) is 3.50. The summed E-state index contributed by atoms with van der Waals surface area (Å²) in [6.07, 6.45) is 8.51. The van der Waals surface area contributed by atoms with Gasteiger partial charge in [0.05, 0.1) is 0 Å². The summed E-state index contributed by atoms with van der Waals surface area (Å²) in [5.41, 5.74) is 2.21. The third-order valence-corrected chi connectivity index (χ3v) is 6.61. The van der Waals surface area contributed by atoms with Crippen molar-refractivity contribution in [2.45, 2.75) is 58.3 Å². The van der Waals surface area contributed by atoms with Gasteiger partial charge in [-0.2, -0.15) is 0 Å². The fourth-order valence-corrected chi connectivity index (χ4v) is 4.88. The number of benzene rings is 1. The van der Waals surface area contributed by atoms with Crippen LogP contribution >= 0.6 is 0 Å². The molecule has 27 heavy (non-hydrogen) atoms. The van der Waals surface area contributed by atoms with Crippen LogP contribution in [-0.2, 0) is 11.2 Å². The number of hydrogen-bond donors (Lipinski definition) is 0. The first-order chi connectivity index (χ1) is 13.1. The molecule has 2 amide bonds. The molecule has 2 aliphatic heterocycles. The van der Waals surface area contributed by atoms with E-state index in [1.807, 2.05) is 17.0 Å². The number of likely N-dealkylation sites (tertiary alicyclic amines) is 2. The Kier molecular flexibility index (Phi) is 5.25. The molecule has 3 aliphatic rings. The van der Waals surface area contributed by atoms with Gasteiger partial charge in [-0.1, -0.05) is 25.5 Å². The molecule has 4 nitrogen and oxygen atoms in total. The van der Waals surface area contributed by atoms with Gasteiger partial charge in [0.2, 0.25) is 5.91 Å². The Labute approximate surface area is 162 Å². The van der Waals surface area contributed by atoms with Crippen LogP contribution in [-0.4, -0.2) is 47.8 Å². The lowest BCUT2D eigenvalue weighted by atomic mass is 9.73. The predicted octanol–water partition coefficient (Wildman–Crippen LogP) is 3.89. The van der Waals surface area contributed by atoms with Crippen molar-refractivity contribution in [1.29, 1.82) is 0 Å². The van der Waals surface area contributed by atoms with Crippen molar-refractivity contribution in [2.24, 2.45) is 11.3 Å². The normalized spacial score (nSPS) is 25.9. The molecule has 1 aliphatic carbocycles. The highest BCUT2D eigenvalue weighted by Gasteiger charge is 2.43. The summed E-state index contributed by atoms with van der Waals surface area (Å²) in [6.45, 7) is 5.60. The van der Waals surface area contributed by atoms with Crippen molar-refractivity contribution in [3.05, 3.63) is 35.4 Å². The second kappa shape index (κ2) is 7.65. The molecule has 0 radical (unpaired) electrons. The molecule has 0 bridgehead atoms. The van der Waals surface area contributed by atoms with E-state index in [4.69, 9.17) is 0 Å². The van der Waals surface area contributed by atoms with Crippen LogP contribution in [0.25, 0.3) is 0 Å². The van der Waals surface area contributed by atoms with Crippen LogP contribution in [0.3, 0.4) is 0 Å². The Morgan fingerprint density at radius 1 is 1.15 bits per heavy atom. The summed E-state index contributed by atoms with van der Waals surface area (Å²) in [6, 6.07) is 8.15. The summed E-state index contributed by atoms with van der Waals surface area (Å²) in [5.74, 6) is 1.21. The van der Waals surface area contributed by atoms with Crippen molar-refractivity contribution in [1.82, 2.24) is 9.80 Å². The largest absolute Gasteiger partial charge is 0.342 e. The van der Waals surface area contributed by atoms with Crippen LogP contribution in [0.2, 0.25) is 0 Å². The number of hydrogen-bond acceptors (Lipinski definition) is 2. The molecular formula is C23H32N2O2. The van der Waals surface area contributed by atoms with E-state index >= 15 is 0 Å². The third-order valence-electron chi connectivity index (χ3n) is 6.61. The van der Waals surface area contributed by atoms with Gasteiger partial charge in [-0.15, -0.1) is 0 Å². The van der Waals surface area contributed by atoms with Crippen LogP contribution < -0.4 is 0 Å². The van der Waals surface area contributed by atoms with Crippen LogP contribution in [0.4, 0.5) is 0 Å². The number of nitrogens with zero attached hydrogens (tertiary/aromatic N) is 2. The van der Waals surface area contributed by atoms with E-state index in [1.165, 1.54) is 18.4 Å². The van der Waals surface area contributed by atoms with Crippen molar-refractivity contribution in [3.63, 3.8) is 0 Å². The zero-order chi connectivity index (χ0) is 18.9. The SMILES string of the molecule is CCCc1ccc(C(=O)N2CCC[C@]3(CCC(=O)N(CC4CC4)C3)C2)cc1. The quantitative estimate of drug-likeness (QED) is 0.791. The molecule has 2 saturated heterocycles. The molecule has 4 rings (SSSR count). The van der Waals surface area contributed by atoms with Crippen LogP contribution in [0.15, 0.2) is 24.3 Å². The third kappa shape index (κ3) is 4.20. The molecule has 1 spiro atoms. The Hall–Kier alpha value is -1.84. The first kappa shape index (κ1) is 18.5. The van der Waals surface area contributed by atoms with Gasteiger partial charge in [0, 0.05) is 43.6 Å². The van der Waals surface area contributed by atoms with Crippen molar-refractivity contribution < 1.29 is 9.59 Å². The second-order valence-corrected chi connectivity index (χ2v) is 8.99. The second-order valence-electron chi connectivity index (χ2n) is 8.99. The highest BCUT2D eigenvalue weighted by Crippen LogP contribution is 2.41. The van der Waals surface area contributed by atoms with Gasteiger partial charge in [0.15, 0.2) is 0 Å². The summed E-state index contributed by atoms with van der Waals surface area (Å²) >= 11 is 0. The maximum absolute atomic E-state index is 13.1. The fourth-order valence-electron chi connectivity index (χ4n) is 4.88. The molecule has 4 heteroatoms. The van der Waals surface area contributed by atoms with Crippen LogP contribution in [0.5, 0.6) is 0 Å². The molecule has 1 atom stereocenters. The highest BCUT2D eigenvalue weighted by molar-refractivity contribution is 5.94. The molecule has 146 valence electrons. The fraction of sp³-hybridized carbons (Fsp3) is 0.652. The lowest BCUT2D eigenvalue weighted by Gasteiger charge is -2.48. The summed E-state index contributed by atoms with van der Waals surface area (Å²) in [4.78, 5) is 29.6. The molecule has 0 N–H and O–H groups in total. The molecule has 0 aromatic heterocycles. The van der Waals surface area contributed by atoms with Gasteiger partial charge in [-0.05, 0) is 62.1 Å². The van der Waals surface area contributed by atoms with Gasteiger partial charge in [0.1, 0.15) is 0 Å². The Morgan fingerprint density at radius 3 is 2.63 bits per heavy atom. The minimum Gasteiger partial charge on any atom is -0.342 e. The zero-order valence-electron chi connectivity index (χ0n) is 16.6. The van der Waals surface area contributed by atoms with E-state index in [2.05, 4.69) is 24.0 Å². The van der Waals surface area contributed by atoms with E-state index in [0.717, 1.165) is 69.8 Å². The van der Waals surface area contributed by atoms with E-state index in [1.54, 1.807) is 0 Å². The van der Waals surface area contributed by atoms with Gasteiger partial charge >= 0.3 is 0 Å². The average molecular weight is 369 g/mol. The first-order valence-electron chi connectivity index (χ1n) is 10.7. The first-order valence-corrected chi connectivity index (χ1v) is 10.7. The van der Waals surface area contributed by atoms with Gasteiger partial charge < -0.3 is 9.80 Å². The molecule has 1 saturated carbocycles. The Balaban J connectivity index is 1.43. The van der Waals surface area contributed by atoms with Gasteiger partial charge in [-0.25, -0.2) is 0 Å². The van der Waals surface area contributed by atoms with Crippen molar-refractivity contribution >= 4 is 11.8 Å². The topological polar surface area (TPSA) is 40.6 Å². The Bertz CT molecular complexity index is 695. The maximum atomic E-state index is 13.1. The standard InChI is InChI=1S/C23H32N2O2/c1-2-4-18-7-9-20(10-8-18)22(27)24-14-3-12-23(16-24)13-11-21(26)25(17-23)15-19-5-6-19/h7-10,19H,2-6,11-17H2,1H3/t23-/m0/s1. The molecule has 1 aromatic carbocycles. The smallest absolute Gasteiger partial charge is 0.253 e. The van der Waals surface area contributed by atoms with Crippen LogP contribution in [0, 0.1) is 11.3 Å². The van der Waals surface area contributed by atoms with E-state index in [9.17, 15) is 9.59 Å². The monoisotopic (exact) mass is 368 g/mol. The van der Waals surface area contributed by atoms with E-state index in [-0.39, 0.29) is 11.3 Å². The molecule has 0 unspecified atom stereocenters. The number of rotatable bonds is 5. The van der Waals surface area contributed by atoms with Gasteiger partial charge in [0.25, 0.3) is 5.91 Å². The molecule has 3 fully saturated rings. The number of carbonyl (C=O) groups excluding carboxylic acids is 2. The van der Waals surface area contributed by atoms with E-state index in [0.29, 0.717) is 12.3 Å². The lowest BCUT2D eigenvalue weighted by Crippen LogP contribution is -2.55. The van der Waals surface area contributed by atoms with Crippen LogP contribution in [0.1, 0.15) is 67.8 Å².